The maximum atomic E-state index is 5.32. The summed E-state index contributed by atoms with van der Waals surface area (Å²) in [5.41, 5.74) is 1.04. The van der Waals surface area contributed by atoms with Crippen molar-refractivity contribution >= 4 is 16.7 Å². The molecule has 2 aromatic rings. The van der Waals surface area contributed by atoms with Gasteiger partial charge in [0.15, 0.2) is 0 Å². The predicted octanol–water partition coefficient (Wildman–Crippen LogP) is 3.59. The highest BCUT2D eigenvalue weighted by Crippen LogP contribution is 2.36. The lowest BCUT2D eigenvalue weighted by molar-refractivity contribution is 0.365. The maximum Gasteiger partial charge on any atom is 0.132 e. The zero-order chi connectivity index (χ0) is 13.4. The van der Waals surface area contributed by atoms with Crippen LogP contribution in [0.25, 0.3) is 10.9 Å². The third-order valence-corrected chi connectivity index (χ3v) is 4.11. The van der Waals surface area contributed by atoms with Crippen LogP contribution in [0.3, 0.4) is 0 Å². The fourth-order valence-electron chi connectivity index (χ4n) is 2.91. The van der Waals surface area contributed by atoms with Gasteiger partial charge in [0.25, 0.3) is 0 Å². The molecule has 3 rings (SSSR count). The molecule has 0 spiro atoms. The highest BCUT2D eigenvalue weighted by molar-refractivity contribution is 5.91. The number of aromatic nitrogens is 2. The van der Waals surface area contributed by atoms with E-state index in [0.717, 1.165) is 41.7 Å². The number of nitrogens with zero attached hydrogens (tertiary/aromatic N) is 2. The maximum absolute atomic E-state index is 5.32. The first kappa shape index (κ1) is 12.3. The Morgan fingerprint density at radius 1 is 1.37 bits per heavy atom. The highest BCUT2D eigenvalue weighted by Gasteiger charge is 2.27. The van der Waals surface area contributed by atoms with Gasteiger partial charge in [0.2, 0.25) is 0 Å². The number of benzene rings is 1. The van der Waals surface area contributed by atoms with Crippen LogP contribution in [0.2, 0.25) is 0 Å². The molecule has 1 N–H and O–H groups in total. The fourth-order valence-corrected chi connectivity index (χ4v) is 2.91. The molecule has 2 heterocycles. The van der Waals surface area contributed by atoms with Crippen molar-refractivity contribution in [2.45, 2.75) is 45.2 Å². The van der Waals surface area contributed by atoms with E-state index in [-0.39, 0.29) is 0 Å². The monoisotopic (exact) mass is 259 g/mol. The number of anilines is 1. The molecule has 2 unspecified atom stereocenters. The minimum Gasteiger partial charge on any atom is -0.497 e. The van der Waals surface area contributed by atoms with Crippen LogP contribution in [0.4, 0.5) is 5.82 Å². The van der Waals surface area contributed by atoms with Gasteiger partial charge in [0.1, 0.15) is 11.6 Å². The summed E-state index contributed by atoms with van der Waals surface area (Å²) in [5, 5.41) is 9.54. The van der Waals surface area contributed by atoms with E-state index in [4.69, 9.17) is 9.84 Å². The number of hydrogen-bond acceptors (Lipinski definition) is 3. The van der Waals surface area contributed by atoms with Crippen molar-refractivity contribution in [2.24, 2.45) is 0 Å². The summed E-state index contributed by atoms with van der Waals surface area (Å²) in [6.07, 6.45) is 3.43. The Balaban J connectivity index is 2.15. The molecule has 102 valence electrons. The van der Waals surface area contributed by atoms with Gasteiger partial charge in [-0.25, -0.2) is 4.68 Å². The highest BCUT2D eigenvalue weighted by atomic mass is 16.5. The van der Waals surface area contributed by atoms with Crippen LogP contribution >= 0.6 is 0 Å². The summed E-state index contributed by atoms with van der Waals surface area (Å²) in [5.74, 6) is 2.04. The largest absolute Gasteiger partial charge is 0.497 e. The lowest BCUT2D eigenvalue weighted by Crippen LogP contribution is -2.31. The molecule has 4 nitrogen and oxygen atoms in total. The summed E-state index contributed by atoms with van der Waals surface area (Å²) < 4.78 is 7.49. The predicted molar refractivity (Wildman–Crippen MR) is 77.9 cm³/mol. The Morgan fingerprint density at radius 2 is 2.21 bits per heavy atom. The smallest absolute Gasteiger partial charge is 0.132 e. The average Bonchev–Trinajstić information content (AvgIpc) is 2.83. The van der Waals surface area contributed by atoms with Crippen LogP contribution in [-0.2, 0) is 0 Å². The number of ether oxygens (including phenoxy) is 1. The van der Waals surface area contributed by atoms with Gasteiger partial charge in [-0.2, -0.15) is 5.10 Å². The van der Waals surface area contributed by atoms with Gasteiger partial charge in [-0.05, 0) is 37.5 Å². The molecule has 0 saturated heterocycles. The summed E-state index contributed by atoms with van der Waals surface area (Å²) in [4.78, 5) is 0. The first-order valence-corrected chi connectivity index (χ1v) is 7.09. The first-order valence-electron chi connectivity index (χ1n) is 7.09. The van der Waals surface area contributed by atoms with E-state index in [0.29, 0.717) is 12.1 Å². The Bertz CT molecular complexity index is 590. The SMILES string of the molecule is CCC1CC(CC)n2nc3ccc(OC)cc3c2N1. The number of nitrogens with one attached hydrogen (secondary N) is 1. The second-order valence-corrected chi connectivity index (χ2v) is 5.22. The Labute approximate surface area is 113 Å². The first-order chi connectivity index (χ1) is 9.26. The van der Waals surface area contributed by atoms with Crippen molar-refractivity contribution in [1.82, 2.24) is 9.78 Å². The van der Waals surface area contributed by atoms with Gasteiger partial charge in [-0.3, -0.25) is 0 Å². The standard InChI is InChI=1S/C15H21N3O/c1-4-10-8-11(5-2)18-15(16-10)13-9-12(19-3)6-7-14(13)17-18/h6-7,9-11,16H,4-5,8H2,1-3H3. The lowest BCUT2D eigenvalue weighted by Gasteiger charge is -2.31. The van der Waals surface area contributed by atoms with E-state index >= 15 is 0 Å². The summed E-state index contributed by atoms with van der Waals surface area (Å²) in [6, 6.07) is 7.13. The fraction of sp³-hybridized carbons (Fsp3) is 0.533. The minimum atomic E-state index is 0.500. The van der Waals surface area contributed by atoms with Crippen molar-refractivity contribution in [3.8, 4) is 5.75 Å². The van der Waals surface area contributed by atoms with Crippen molar-refractivity contribution in [3.05, 3.63) is 18.2 Å². The molecule has 0 saturated carbocycles. The van der Waals surface area contributed by atoms with Gasteiger partial charge >= 0.3 is 0 Å². The quantitative estimate of drug-likeness (QED) is 0.915. The van der Waals surface area contributed by atoms with Gasteiger partial charge in [0.05, 0.1) is 18.7 Å². The molecule has 2 atom stereocenters. The molecule has 0 aliphatic carbocycles. The molecule has 0 radical (unpaired) electrons. The van der Waals surface area contributed by atoms with Gasteiger partial charge in [0, 0.05) is 11.4 Å². The Kier molecular flexibility index (Phi) is 3.09. The second kappa shape index (κ2) is 4.76. The Morgan fingerprint density at radius 3 is 2.89 bits per heavy atom. The van der Waals surface area contributed by atoms with E-state index in [9.17, 15) is 0 Å². The normalized spacial score (nSPS) is 22.1. The molecule has 1 aromatic carbocycles. The molecule has 0 fully saturated rings. The number of hydrogen-bond donors (Lipinski definition) is 1. The van der Waals surface area contributed by atoms with Crippen LogP contribution in [0.5, 0.6) is 5.75 Å². The van der Waals surface area contributed by atoms with Crippen LogP contribution in [0.1, 0.15) is 39.2 Å². The summed E-state index contributed by atoms with van der Waals surface area (Å²) in [7, 11) is 1.70. The van der Waals surface area contributed by atoms with Crippen molar-refractivity contribution in [2.75, 3.05) is 12.4 Å². The molecule has 1 aliphatic heterocycles. The molecule has 1 aliphatic rings. The van der Waals surface area contributed by atoms with E-state index in [1.54, 1.807) is 7.11 Å². The molecule has 1 aromatic heterocycles. The topological polar surface area (TPSA) is 39.1 Å². The van der Waals surface area contributed by atoms with E-state index in [2.05, 4.69) is 29.9 Å². The number of fused-ring (bicyclic) bond motifs is 3. The second-order valence-electron chi connectivity index (χ2n) is 5.22. The molecule has 0 bridgehead atoms. The van der Waals surface area contributed by atoms with Gasteiger partial charge in [-0.1, -0.05) is 13.8 Å². The lowest BCUT2D eigenvalue weighted by atomic mass is 10.0. The molecular formula is C15H21N3O. The minimum absolute atomic E-state index is 0.500. The Hall–Kier alpha value is -1.71. The van der Waals surface area contributed by atoms with E-state index in [1.165, 1.54) is 0 Å². The van der Waals surface area contributed by atoms with Crippen molar-refractivity contribution in [1.29, 1.82) is 0 Å². The molecule has 19 heavy (non-hydrogen) atoms. The molecule has 4 heteroatoms. The van der Waals surface area contributed by atoms with Crippen LogP contribution < -0.4 is 10.1 Å². The zero-order valence-corrected chi connectivity index (χ0v) is 11.8. The van der Waals surface area contributed by atoms with E-state index < -0.39 is 0 Å². The third-order valence-electron chi connectivity index (χ3n) is 4.11. The molecular weight excluding hydrogens is 238 g/mol. The van der Waals surface area contributed by atoms with E-state index in [1.807, 2.05) is 12.1 Å². The van der Waals surface area contributed by atoms with Crippen LogP contribution in [0.15, 0.2) is 18.2 Å². The van der Waals surface area contributed by atoms with Crippen LogP contribution in [-0.4, -0.2) is 22.9 Å². The summed E-state index contributed by atoms with van der Waals surface area (Å²) in [6.45, 7) is 4.47. The van der Waals surface area contributed by atoms with Crippen molar-refractivity contribution < 1.29 is 4.74 Å². The van der Waals surface area contributed by atoms with Crippen molar-refractivity contribution in [3.63, 3.8) is 0 Å². The molecule has 0 amide bonds. The zero-order valence-electron chi connectivity index (χ0n) is 11.8. The van der Waals surface area contributed by atoms with Gasteiger partial charge in [-0.15, -0.1) is 0 Å². The number of rotatable bonds is 3. The summed E-state index contributed by atoms with van der Waals surface area (Å²) >= 11 is 0. The number of methoxy groups -OCH3 is 1. The van der Waals surface area contributed by atoms with Gasteiger partial charge < -0.3 is 10.1 Å². The average molecular weight is 259 g/mol. The third kappa shape index (κ3) is 1.95. The van der Waals surface area contributed by atoms with Crippen LogP contribution in [0, 0.1) is 0 Å².